The number of carbonyl (C=O) groups excluding carboxylic acids is 1. The monoisotopic (exact) mass is 381 g/mol. The SMILES string of the molecule is CC(=O)N(C1CCOC(C)(C)C1)C(c1ccccc1)c1ccc2c(c1)OCO2. The fourth-order valence-corrected chi connectivity index (χ4v) is 4.32. The number of carbonyl (C=O) groups is 1. The molecule has 2 aromatic carbocycles. The van der Waals surface area contributed by atoms with Crippen molar-refractivity contribution >= 4 is 5.91 Å². The van der Waals surface area contributed by atoms with Gasteiger partial charge in [-0.3, -0.25) is 4.79 Å². The number of amides is 1. The minimum Gasteiger partial charge on any atom is -0.454 e. The third-order valence-corrected chi connectivity index (χ3v) is 5.53. The van der Waals surface area contributed by atoms with Crippen LogP contribution in [0.3, 0.4) is 0 Å². The molecule has 2 aromatic rings. The fourth-order valence-electron chi connectivity index (χ4n) is 4.32. The van der Waals surface area contributed by atoms with Crippen LogP contribution >= 0.6 is 0 Å². The summed E-state index contributed by atoms with van der Waals surface area (Å²) < 4.78 is 17.0. The zero-order valence-corrected chi connectivity index (χ0v) is 16.7. The van der Waals surface area contributed by atoms with Crippen molar-refractivity contribution in [2.45, 2.75) is 51.3 Å². The van der Waals surface area contributed by atoms with Crippen LogP contribution in [0.4, 0.5) is 0 Å². The molecule has 0 N–H and O–H groups in total. The van der Waals surface area contributed by atoms with Gasteiger partial charge in [0.2, 0.25) is 12.7 Å². The molecule has 4 rings (SSSR count). The van der Waals surface area contributed by atoms with Gasteiger partial charge in [-0.1, -0.05) is 36.4 Å². The summed E-state index contributed by atoms with van der Waals surface area (Å²) in [5, 5.41) is 0. The Balaban J connectivity index is 1.78. The third kappa shape index (κ3) is 3.72. The Kier molecular flexibility index (Phi) is 5.02. The lowest BCUT2D eigenvalue weighted by Gasteiger charge is -2.44. The number of rotatable bonds is 4. The standard InChI is InChI=1S/C23H27NO4/c1-16(25)24(19-11-12-28-23(2,3)14-19)22(17-7-5-4-6-8-17)18-9-10-20-21(13-18)27-15-26-20/h4-10,13,19,22H,11-12,14-15H2,1-3H3. The van der Waals surface area contributed by atoms with Gasteiger partial charge in [-0.2, -0.15) is 0 Å². The highest BCUT2D eigenvalue weighted by molar-refractivity contribution is 5.75. The summed E-state index contributed by atoms with van der Waals surface area (Å²) in [6.45, 7) is 6.74. The van der Waals surface area contributed by atoms with Crippen molar-refractivity contribution in [3.63, 3.8) is 0 Å². The number of hydrogen-bond acceptors (Lipinski definition) is 4. The number of nitrogens with zero attached hydrogens (tertiary/aromatic N) is 1. The van der Waals surface area contributed by atoms with Gasteiger partial charge in [-0.25, -0.2) is 0 Å². The van der Waals surface area contributed by atoms with Crippen molar-refractivity contribution in [3.05, 3.63) is 59.7 Å². The minimum atomic E-state index is -0.243. The maximum absolute atomic E-state index is 12.9. The van der Waals surface area contributed by atoms with Crippen LogP contribution in [0.1, 0.15) is 50.8 Å². The first kappa shape index (κ1) is 18.8. The molecule has 0 bridgehead atoms. The van der Waals surface area contributed by atoms with E-state index in [1.54, 1.807) is 6.92 Å². The van der Waals surface area contributed by atoms with Gasteiger partial charge < -0.3 is 19.1 Å². The summed E-state index contributed by atoms with van der Waals surface area (Å²) >= 11 is 0. The van der Waals surface area contributed by atoms with Crippen molar-refractivity contribution in [2.24, 2.45) is 0 Å². The largest absolute Gasteiger partial charge is 0.454 e. The fraction of sp³-hybridized carbons (Fsp3) is 0.435. The Bertz CT molecular complexity index is 849. The molecule has 2 aliphatic heterocycles. The predicted molar refractivity (Wildman–Crippen MR) is 106 cm³/mol. The van der Waals surface area contributed by atoms with E-state index >= 15 is 0 Å². The van der Waals surface area contributed by atoms with Crippen LogP contribution in [0.2, 0.25) is 0 Å². The third-order valence-electron chi connectivity index (χ3n) is 5.53. The van der Waals surface area contributed by atoms with Gasteiger partial charge in [0.05, 0.1) is 11.6 Å². The number of ether oxygens (including phenoxy) is 3. The molecule has 0 saturated carbocycles. The highest BCUT2D eigenvalue weighted by atomic mass is 16.7. The van der Waals surface area contributed by atoms with Gasteiger partial charge >= 0.3 is 0 Å². The van der Waals surface area contributed by atoms with Crippen molar-refractivity contribution in [3.8, 4) is 11.5 Å². The van der Waals surface area contributed by atoms with Crippen molar-refractivity contribution in [1.82, 2.24) is 4.90 Å². The van der Waals surface area contributed by atoms with Crippen LogP contribution in [0.25, 0.3) is 0 Å². The zero-order valence-electron chi connectivity index (χ0n) is 16.7. The summed E-state index contributed by atoms with van der Waals surface area (Å²) in [5.41, 5.74) is 1.86. The maximum atomic E-state index is 12.9. The molecular formula is C23H27NO4. The first-order valence-corrected chi connectivity index (χ1v) is 9.82. The normalized spacial score (nSPS) is 21.2. The van der Waals surface area contributed by atoms with E-state index in [1.165, 1.54) is 0 Å². The molecule has 1 fully saturated rings. The van der Waals surface area contributed by atoms with E-state index < -0.39 is 0 Å². The molecule has 2 heterocycles. The van der Waals surface area contributed by atoms with Crippen LogP contribution in [-0.4, -0.2) is 35.8 Å². The molecular weight excluding hydrogens is 354 g/mol. The van der Waals surface area contributed by atoms with E-state index in [2.05, 4.69) is 26.0 Å². The maximum Gasteiger partial charge on any atom is 0.231 e. The second kappa shape index (κ2) is 7.47. The summed E-state index contributed by atoms with van der Waals surface area (Å²) in [5.74, 6) is 1.54. The van der Waals surface area contributed by atoms with Crippen molar-refractivity contribution in [2.75, 3.05) is 13.4 Å². The van der Waals surface area contributed by atoms with Crippen molar-refractivity contribution in [1.29, 1.82) is 0 Å². The van der Waals surface area contributed by atoms with E-state index in [9.17, 15) is 4.79 Å². The summed E-state index contributed by atoms with van der Waals surface area (Å²) in [6.07, 6.45) is 1.64. The van der Waals surface area contributed by atoms with E-state index in [0.717, 1.165) is 35.5 Å². The number of benzene rings is 2. The van der Waals surface area contributed by atoms with Gasteiger partial charge in [0, 0.05) is 19.6 Å². The molecule has 2 atom stereocenters. The molecule has 2 unspecified atom stereocenters. The lowest BCUT2D eigenvalue weighted by Crippen LogP contribution is -2.49. The summed E-state index contributed by atoms with van der Waals surface area (Å²) in [4.78, 5) is 14.9. The Hall–Kier alpha value is -2.53. The molecule has 148 valence electrons. The van der Waals surface area contributed by atoms with Gasteiger partial charge in [0.1, 0.15) is 0 Å². The molecule has 1 saturated heterocycles. The first-order valence-electron chi connectivity index (χ1n) is 9.82. The lowest BCUT2D eigenvalue weighted by molar-refractivity contribution is -0.140. The van der Waals surface area contributed by atoms with E-state index in [0.29, 0.717) is 6.61 Å². The van der Waals surface area contributed by atoms with Crippen LogP contribution in [0.15, 0.2) is 48.5 Å². The summed E-state index contributed by atoms with van der Waals surface area (Å²) in [6, 6.07) is 16.1. The van der Waals surface area contributed by atoms with Crippen LogP contribution in [-0.2, 0) is 9.53 Å². The number of fused-ring (bicyclic) bond motifs is 1. The number of hydrogen-bond donors (Lipinski definition) is 0. The van der Waals surface area contributed by atoms with Gasteiger partial charge in [-0.15, -0.1) is 0 Å². The van der Waals surface area contributed by atoms with E-state index in [-0.39, 0.29) is 30.4 Å². The average molecular weight is 381 g/mol. The molecule has 0 radical (unpaired) electrons. The van der Waals surface area contributed by atoms with E-state index in [1.807, 2.05) is 41.3 Å². The Morgan fingerprint density at radius 3 is 2.54 bits per heavy atom. The second-order valence-electron chi connectivity index (χ2n) is 8.11. The Morgan fingerprint density at radius 1 is 1.07 bits per heavy atom. The van der Waals surface area contributed by atoms with Crippen LogP contribution in [0.5, 0.6) is 11.5 Å². The Labute approximate surface area is 166 Å². The van der Waals surface area contributed by atoms with Crippen molar-refractivity contribution < 1.29 is 19.0 Å². The predicted octanol–water partition coefficient (Wildman–Crippen LogP) is 4.31. The molecule has 0 aromatic heterocycles. The Morgan fingerprint density at radius 2 is 1.82 bits per heavy atom. The van der Waals surface area contributed by atoms with Crippen LogP contribution in [0, 0.1) is 0 Å². The molecule has 5 nitrogen and oxygen atoms in total. The zero-order chi connectivity index (χ0) is 19.7. The molecule has 5 heteroatoms. The highest BCUT2D eigenvalue weighted by Crippen LogP contribution is 2.40. The smallest absolute Gasteiger partial charge is 0.231 e. The average Bonchev–Trinajstić information content (AvgIpc) is 3.13. The van der Waals surface area contributed by atoms with Gasteiger partial charge in [-0.05, 0) is 49.9 Å². The molecule has 28 heavy (non-hydrogen) atoms. The topological polar surface area (TPSA) is 48.0 Å². The van der Waals surface area contributed by atoms with E-state index in [4.69, 9.17) is 14.2 Å². The van der Waals surface area contributed by atoms with Gasteiger partial charge in [0.25, 0.3) is 0 Å². The molecule has 1 amide bonds. The summed E-state index contributed by atoms with van der Waals surface area (Å²) in [7, 11) is 0. The molecule has 0 aliphatic carbocycles. The molecule has 0 spiro atoms. The molecule has 2 aliphatic rings. The van der Waals surface area contributed by atoms with Gasteiger partial charge in [0.15, 0.2) is 11.5 Å². The minimum absolute atomic E-state index is 0.0641. The second-order valence-corrected chi connectivity index (χ2v) is 8.11. The quantitative estimate of drug-likeness (QED) is 0.792. The first-order chi connectivity index (χ1) is 13.4. The highest BCUT2D eigenvalue weighted by Gasteiger charge is 2.38. The lowest BCUT2D eigenvalue weighted by atomic mass is 9.88. The van der Waals surface area contributed by atoms with Crippen LogP contribution < -0.4 is 9.47 Å².